The number of thiazole rings is 1. The number of nitrogens with one attached hydrogen (secondary N) is 2. The number of hydrogen-bond donors (Lipinski definition) is 2. The summed E-state index contributed by atoms with van der Waals surface area (Å²) < 4.78 is 53.1. The monoisotopic (exact) mass is 469 g/mol. The van der Waals surface area contributed by atoms with Gasteiger partial charge in [0.15, 0.2) is 5.13 Å². The predicted octanol–water partition coefficient (Wildman–Crippen LogP) is 6.96. The molecule has 0 aliphatic carbocycles. The number of aromatic amines is 1. The van der Waals surface area contributed by atoms with Crippen molar-refractivity contribution in [3.05, 3.63) is 77.2 Å². The second-order valence-electron chi connectivity index (χ2n) is 7.40. The van der Waals surface area contributed by atoms with Crippen molar-refractivity contribution in [1.82, 2.24) is 19.9 Å². The molecule has 5 nitrogen and oxygen atoms in total. The molecule has 0 atom stereocenters. The Hall–Kier alpha value is -3.79. The molecule has 5 aromatic rings. The van der Waals surface area contributed by atoms with E-state index in [1.54, 1.807) is 18.5 Å². The van der Waals surface area contributed by atoms with E-state index in [0.29, 0.717) is 22.2 Å². The van der Waals surface area contributed by atoms with Crippen LogP contribution in [0.15, 0.2) is 60.2 Å². The maximum Gasteiger partial charge on any atom is 0.416 e. The number of fused-ring (bicyclic) bond motifs is 1. The number of halogens is 4. The molecule has 3 heterocycles. The smallest absolute Gasteiger partial charge is 0.338 e. The van der Waals surface area contributed by atoms with E-state index < -0.39 is 17.6 Å². The van der Waals surface area contributed by atoms with Crippen LogP contribution >= 0.6 is 11.3 Å². The summed E-state index contributed by atoms with van der Waals surface area (Å²) in [6.07, 6.45) is -1.23. The zero-order chi connectivity index (χ0) is 23.2. The number of imidazole rings is 1. The molecule has 2 aromatic carbocycles. The topological polar surface area (TPSA) is 66.5 Å². The van der Waals surface area contributed by atoms with Crippen molar-refractivity contribution in [2.24, 2.45) is 0 Å². The van der Waals surface area contributed by atoms with Gasteiger partial charge in [-0.25, -0.2) is 14.4 Å². The van der Waals surface area contributed by atoms with Crippen LogP contribution in [0.3, 0.4) is 0 Å². The third kappa shape index (κ3) is 4.29. The summed E-state index contributed by atoms with van der Waals surface area (Å²) in [6, 6.07) is 9.73. The molecule has 0 aliphatic rings. The fourth-order valence-electron chi connectivity index (χ4n) is 3.42. The molecule has 10 heteroatoms. The Labute approximate surface area is 189 Å². The zero-order valence-electron chi connectivity index (χ0n) is 17.0. The van der Waals surface area contributed by atoms with Crippen LogP contribution in [-0.2, 0) is 6.18 Å². The van der Waals surface area contributed by atoms with Gasteiger partial charge in [0, 0.05) is 34.6 Å². The highest BCUT2D eigenvalue weighted by Gasteiger charge is 2.31. The number of rotatable bonds is 4. The van der Waals surface area contributed by atoms with Crippen molar-refractivity contribution in [2.45, 2.75) is 13.1 Å². The molecule has 0 amide bonds. The van der Waals surface area contributed by atoms with Gasteiger partial charge in [0.2, 0.25) is 0 Å². The fraction of sp³-hybridized carbons (Fsp3) is 0.0870. The summed E-state index contributed by atoms with van der Waals surface area (Å²) >= 11 is 1.43. The van der Waals surface area contributed by atoms with Crippen molar-refractivity contribution in [3.63, 3.8) is 0 Å². The summed E-state index contributed by atoms with van der Waals surface area (Å²) in [6.45, 7) is 1.89. The number of aryl methyl sites for hydroxylation is 1. The molecule has 0 spiro atoms. The minimum absolute atomic E-state index is 0.0201. The van der Waals surface area contributed by atoms with Crippen molar-refractivity contribution in [2.75, 3.05) is 5.32 Å². The Balaban J connectivity index is 1.47. The van der Waals surface area contributed by atoms with Crippen LogP contribution in [0.4, 0.5) is 28.4 Å². The molecule has 2 N–H and O–H groups in total. The highest BCUT2D eigenvalue weighted by atomic mass is 32.1. The summed E-state index contributed by atoms with van der Waals surface area (Å²) in [7, 11) is 0. The molecular weight excluding hydrogens is 454 g/mol. The van der Waals surface area contributed by atoms with E-state index in [0.717, 1.165) is 34.6 Å². The second kappa shape index (κ2) is 7.96. The first-order valence-electron chi connectivity index (χ1n) is 9.78. The number of pyridine rings is 1. The van der Waals surface area contributed by atoms with Gasteiger partial charge in [0.1, 0.15) is 11.6 Å². The van der Waals surface area contributed by atoms with Gasteiger partial charge >= 0.3 is 6.18 Å². The molecule has 166 valence electrons. The largest absolute Gasteiger partial charge is 0.416 e. The van der Waals surface area contributed by atoms with Crippen LogP contribution in [0.5, 0.6) is 0 Å². The Morgan fingerprint density at radius 3 is 2.64 bits per heavy atom. The van der Waals surface area contributed by atoms with Crippen LogP contribution in [0, 0.1) is 12.7 Å². The molecule has 0 saturated carbocycles. The average molecular weight is 469 g/mol. The van der Waals surface area contributed by atoms with E-state index in [-0.39, 0.29) is 11.4 Å². The quantitative estimate of drug-likeness (QED) is 0.279. The number of hydrogen-bond acceptors (Lipinski definition) is 5. The van der Waals surface area contributed by atoms with E-state index >= 15 is 0 Å². The van der Waals surface area contributed by atoms with E-state index in [2.05, 4.69) is 25.3 Å². The molecule has 0 radical (unpaired) electrons. The van der Waals surface area contributed by atoms with Crippen molar-refractivity contribution in [1.29, 1.82) is 0 Å². The minimum Gasteiger partial charge on any atom is -0.338 e. The van der Waals surface area contributed by atoms with E-state index in [4.69, 9.17) is 0 Å². The van der Waals surface area contributed by atoms with Crippen LogP contribution in [0.2, 0.25) is 0 Å². The van der Waals surface area contributed by atoms with E-state index in [1.165, 1.54) is 11.3 Å². The molecule has 33 heavy (non-hydrogen) atoms. The van der Waals surface area contributed by atoms with Gasteiger partial charge in [0.25, 0.3) is 0 Å². The Morgan fingerprint density at radius 1 is 1.03 bits per heavy atom. The number of H-pyrrole nitrogens is 1. The Morgan fingerprint density at radius 2 is 1.88 bits per heavy atom. The molecule has 0 unspecified atom stereocenters. The number of aromatic nitrogens is 4. The molecule has 0 bridgehead atoms. The van der Waals surface area contributed by atoms with Crippen molar-refractivity contribution >= 4 is 33.2 Å². The molecule has 5 rings (SSSR count). The molecule has 0 saturated heterocycles. The maximum atomic E-state index is 13.8. The highest BCUT2D eigenvalue weighted by Crippen LogP contribution is 2.34. The van der Waals surface area contributed by atoms with Crippen LogP contribution < -0.4 is 5.32 Å². The second-order valence-corrected chi connectivity index (χ2v) is 8.26. The van der Waals surface area contributed by atoms with Gasteiger partial charge in [0.05, 0.1) is 22.3 Å². The first-order chi connectivity index (χ1) is 15.8. The number of anilines is 2. The minimum atomic E-state index is -4.65. The average Bonchev–Trinajstić information content (AvgIpc) is 3.41. The summed E-state index contributed by atoms with van der Waals surface area (Å²) in [5.41, 5.74) is 3.44. The lowest BCUT2D eigenvalue weighted by atomic mass is 10.1. The van der Waals surface area contributed by atoms with Gasteiger partial charge < -0.3 is 10.3 Å². The molecule has 0 fully saturated rings. The molecular formula is C23H15F4N5S. The fourth-order valence-corrected chi connectivity index (χ4v) is 4.15. The van der Waals surface area contributed by atoms with Crippen LogP contribution in [0.1, 0.15) is 11.1 Å². The predicted molar refractivity (Wildman–Crippen MR) is 120 cm³/mol. The zero-order valence-corrected chi connectivity index (χ0v) is 17.9. The van der Waals surface area contributed by atoms with Gasteiger partial charge in [-0.3, -0.25) is 4.98 Å². The standard InChI is InChI=1S/C23H15F4N5S/c1-12-5-18-19(30-21(29-18)14-6-15(23(25,26)27)8-16(24)7-14)9-17(12)31-22-32-20(11-33-22)13-3-2-4-28-10-13/h2-11H,1H3,(H,29,30)(H,31,32). The normalized spacial score (nSPS) is 11.8. The van der Waals surface area contributed by atoms with Gasteiger partial charge in [-0.05, 0) is 55.0 Å². The first-order valence-corrected chi connectivity index (χ1v) is 10.7. The van der Waals surface area contributed by atoms with E-state index in [1.807, 2.05) is 30.5 Å². The highest BCUT2D eigenvalue weighted by molar-refractivity contribution is 7.14. The molecule has 3 aromatic heterocycles. The van der Waals surface area contributed by atoms with Gasteiger partial charge in [-0.15, -0.1) is 11.3 Å². The third-order valence-electron chi connectivity index (χ3n) is 5.03. The lowest BCUT2D eigenvalue weighted by Crippen LogP contribution is -2.05. The van der Waals surface area contributed by atoms with Crippen LogP contribution in [0.25, 0.3) is 33.7 Å². The number of alkyl halides is 3. The summed E-state index contributed by atoms with van der Waals surface area (Å²) in [5.74, 6) is -0.827. The molecule has 0 aliphatic heterocycles. The lowest BCUT2D eigenvalue weighted by molar-refractivity contribution is -0.137. The van der Waals surface area contributed by atoms with E-state index in [9.17, 15) is 17.6 Å². The maximum absolute atomic E-state index is 13.8. The SMILES string of the molecule is Cc1cc2[nH]c(-c3cc(F)cc(C(F)(F)F)c3)nc2cc1Nc1nc(-c2cccnc2)cs1. The number of benzene rings is 2. The summed E-state index contributed by atoms with van der Waals surface area (Å²) in [4.78, 5) is 16.1. The first kappa shape index (κ1) is 21.1. The third-order valence-corrected chi connectivity index (χ3v) is 5.79. The Kier molecular flexibility index (Phi) is 5.09. The van der Waals surface area contributed by atoms with Gasteiger partial charge in [-0.1, -0.05) is 0 Å². The lowest BCUT2D eigenvalue weighted by Gasteiger charge is -2.08. The van der Waals surface area contributed by atoms with Crippen molar-refractivity contribution in [3.8, 4) is 22.6 Å². The summed E-state index contributed by atoms with van der Waals surface area (Å²) in [5, 5.41) is 5.86. The number of nitrogens with zero attached hydrogens (tertiary/aromatic N) is 3. The van der Waals surface area contributed by atoms with Crippen LogP contribution in [-0.4, -0.2) is 19.9 Å². The van der Waals surface area contributed by atoms with Crippen molar-refractivity contribution < 1.29 is 17.6 Å². The Bertz CT molecular complexity index is 1460. The van der Waals surface area contributed by atoms with Gasteiger partial charge in [-0.2, -0.15) is 13.2 Å².